The number of hydrogen-bond donors (Lipinski definition) is 2. The predicted molar refractivity (Wildman–Crippen MR) is 86.1 cm³/mol. The largest absolute Gasteiger partial charge is 0.365 e. The summed E-state index contributed by atoms with van der Waals surface area (Å²) in [7, 11) is 0. The van der Waals surface area contributed by atoms with Crippen LogP contribution < -0.4 is 11.1 Å². The Morgan fingerprint density at radius 3 is 2.61 bits per heavy atom. The fourth-order valence-corrected chi connectivity index (χ4v) is 3.18. The van der Waals surface area contributed by atoms with E-state index in [1.807, 2.05) is 0 Å². The van der Waals surface area contributed by atoms with E-state index in [0.717, 1.165) is 16.9 Å². The van der Waals surface area contributed by atoms with Crippen LogP contribution in [0.2, 0.25) is 0 Å². The van der Waals surface area contributed by atoms with Gasteiger partial charge in [-0.15, -0.1) is 11.3 Å². The van der Waals surface area contributed by atoms with E-state index in [0.29, 0.717) is 5.01 Å². The van der Waals surface area contributed by atoms with Gasteiger partial charge in [0.05, 0.1) is 6.20 Å². The molecule has 1 aromatic carbocycles. The van der Waals surface area contributed by atoms with E-state index in [4.69, 9.17) is 5.73 Å². The van der Waals surface area contributed by atoms with Gasteiger partial charge >= 0.3 is 0 Å². The first kappa shape index (κ1) is 15.3. The van der Waals surface area contributed by atoms with Gasteiger partial charge in [-0.05, 0) is 24.3 Å². The van der Waals surface area contributed by atoms with Crippen molar-refractivity contribution >= 4 is 39.6 Å². The summed E-state index contributed by atoms with van der Waals surface area (Å²) < 4.78 is 12.9. The maximum absolute atomic E-state index is 12.9. The Balaban J connectivity index is 1.75. The van der Waals surface area contributed by atoms with Crippen LogP contribution in [0, 0.1) is 5.82 Å². The SMILES string of the molecule is NC(=O)c1cnc(NC(=O)c2csc(-c3ccc(F)cc3)n2)s1. The standard InChI is InChI=1S/C14H9FN4O2S2/c15-8-3-1-7(2-4-8)13-18-9(6-22-13)12(21)19-14-17-5-10(23-14)11(16)20/h1-6H,(H2,16,20)(H,17,19,21). The number of primary amides is 1. The Hall–Kier alpha value is -2.65. The number of nitrogens with zero attached hydrogens (tertiary/aromatic N) is 2. The minimum atomic E-state index is -0.602. The van der Waals surface area contributed by atoms with E-state index >= 15 is 0 Å². The van der Waals surface area contributed by atoms with Crippen LogP contribution in [-0.4, -0.2) is 21.8 Å². The Morgan fingerprint density at radius 2 is 1.96 bits per heavy atom. The summed E-state index contributed by atoms with van der Waals surface area (Å²) in [6, 6.07) is 5.85. The molecule has 23 heavy (non-hydrogen) atoms. The number of amides is 2. The highest BCUT2D eigenvalue weighted by Crippen LogP contribution is 2.25. The molecule has 0 aliphatic heterocycles. The van der Waals surface area contributed by atoms with Gasteiger partial charge in [-0.1, -0.05) is 11.3 Å². The summed E-state index contributed by atoms with van der Waals surface area (Å²) in [4.78, 5) is 31.5. The number of nitrogens with one attached hydrogen (secondary N) is 1. The van der Waals surface area contributed by atoms with Crippen molar-refractivity contribution in [2.24, 2.45) is 5.73 Å². The van der Waals surface area contributed by atoms with E-state index in [1.54, 1.807) is 17.5 Å². The highest BCUT2D eigenvalue weighted by molar-refractivity contribution is 7.17. The van der Waals surface area contributed by atoms with Gasteiger partial charge in [0.2, 0.25) is 0 Å². The summed E-state index contributed by atoms with van der Waals surface area (Å²) in [6.45, 7) is 0. The Labute approximate surface area is 137 Å². The van der Waals surface area contributed by atoms with E-state index in [1.165, 1.54) is 29.7 Å². The van der Waals surface area contributed by atoms with Gasteiger partial charge in [0.1, 0.15) is 21.4 Å². The molecule has 2 heterocycles. The molecular formula is C14H9FN4O2S2. The topological polar surface area (TPSA) is 98.0 Å². The van der Waals surface area contributed by atoms with Crippen LogP contribution in [0.1, 0.15) is 20.2 Å². The predicted octanol–water partition coefficient (Wildman–Crippen LogP) is 2.76. The molecule has 0 aliphatic rings. The molecule has 0 bridgehead atoms. The van der Waals surface area contributed by atoms with Crippen molar-refractivity contribution in [1.29, 1.82) is 0 Å². The first-order valence-corrected chi connectivity index (χ1v) is 8.01. The summed E-state index contributed by atoms with van der Waals surface area (Å²) >= 11 is 2.26. The number of rotatable bonds is 4. The number of hydrogen-bond acceptors (Lipinski definition) is 6. The summed E-state index contributed by atoms with van der Waals surface area (Å²) in [5, 5.41) is 5.01. The molecule has 3 aromatic rings. The minimum Gasteiger partial charge on any atom is -0.365 e. The number of anilines is 1. The van der Waals surface area contributed by atoms with Crippen molar-refractivity contribution in [3.63, 3.8) is 0 Å². The highest BCUT2D eigenvalue weighted by atomic mass is 32.1. The van der Waals surface area contributed by atoms with Crippen molar-refractivity contribution < 1.29 is 14.0 Å². The lowest BCUT2D eigenvalue weighted by Crippen LogP contribution is -2.12. The van der Waals surface area contributed by atoms with Crippen molar-refractivity contribution in [2.45, 2.75) is 0 Å². The van der Waals surface area contributed by atoms with Gasteiger partial charge in [-0.2, -0.15) is 0 Å². The minimum absolute atomic E-state index is 0.213. The number of thiazole rings is 2. The molecule has 3 N–H and O–H groups in total. The Morgan fingerprint density at radius 1 is 1.22 bits per heavy atom. The van der Waals surface area contributed by atoms with E-state index in [-0.39, 0.29) is 21.5 Å². The molecule has 2 aromatic heterocycles. The zero-order chi connectivity index (χ0) is 16.4. The maximum atomic E-state index is 12.9. The lowest BCUT2D eigenvalue weighted by atomic mass is 10.2. The fraction of sp³-hybridized carbons (Fsp3) is 0. The van der Waals surface area contributed by atoms with E-state index in [9.17, 15) is 14.0 Å². The molecule has 2 amide bonds. The van der Waals surface area contributed by atoms with Crippen molar-refractivity contribution in [2.75, 3.05) is 5.32 Å². The number of aromatic nitrogens is 2. The molecule has 0 fully saturated rings. The van der Waals surface area contributed by atoms with Crippen LogP contribution in [-0.2, 0) is 0 Å². The summed E-state index contributed by atoms with van der Waals surface area (Å²) in [5.41, 5.74) is 6.06. The summed E-state index contributed by atoms with van der Waals surface area (Å²) in [5.74, 6) is -1.38. The van der Waals surface area contributed by atoms with Gasteiger partial charge in [-0.25, -0.2) is 14.4 Å². The summed E-state index contributed by atoms with van der Waals surface area (Å²) in [6.07, 6.45) is 1.30. The molecule has 0 atom stereocenters. The fourth-order valence-electron chi connectivity index (χ4n) is 1.71. The molecule has 0 saturated heterocycles. The first-order valence-electron chi connectivity index (χ1n) is 6.31. The van der Waals surface area contributed by atoms with Gasteiger partial charge < -0.3 is 5.73 Å². The molecule has 116 valence electrons. The van der Waals surface area contributed by atoms with Gasteiger partial charge in [0.15, 0.2) is 5.13 Å². The van der Waals surface area contributed by atoms with Gasteiger partial charge in [0.25, 0.3) is 11.8 Å². The van der Waals surface area contributed by atoms with Crippen molar-refractivity contribution in [3.05, 3.63) is 52.2 Å². The molecule has 9 heteroatoms. The number of benzene rings is 1. The van der Waals surface area contributed by atoms with Crippen LogP contribution in [0.3, 0.4) is 0 Å². The quantitative estimate of drug-likeness (QED) is 0.757. The zero-order valence-corrected chi connectivity index (χ0v) is 13.1. The monoisotopic (exact) mass is 348 g/mol. The third-order valence-corrected chi connectivity index (χ3v) is 4.62. The average molecular weight is 348 g/mol. The van der Waals surface area contributed by atoms with Crippen LogP contribution in [0.25, 0.3) is 10.6 Å². The lowest BCUT2D eigenvalue weighted by molar-refractivity contribution is 0.1000. The van der Waals surface area contributed by atoms with Crippen molar-refractivity contribution in [1.82, 2.24) is 9.97 Å². The lowest BCUT2D eigenvalue weighted by Gasteiger charge is -1.98. The van der Waals surface area contributed by atoms with Crippen LogP contribution in [0.15, 0.2) is 35.8 Å². The number of carbonyl (C=O) groups excluding carboxylic acids is 2. The Kier molecular flexibility index (Phi) is 4.13. The van der Waals surface area contributed by atoms with Crippen LogP contribution in [0.4, 0.5) is 9.52 Å². The molecule has 0 aliphatic carbocycles. The number of nitrogens with two attached hydrogens (primary N) is 1. The second kappa shape index (κ2) is 6.23. The molecule has 6 nitrogen and oxygen atoms in total. The molecule has 0 radical (unpaired) electrons. The third-order valence-electron chi connectivity index (χ3n) is 2.80. The first-order chi connectivity index (χ1) is 11.0. The second-order valence-corrected chi connectivity index (χ2v) is 6.28. The molecule has 0 spiro atoms. The highest BCUT2D eigenvalue weighted by Gasteiger charge is 2.15. The Bertz CT molecular complexity index is 873. The molecular weight excluding hydrogens is 339 g/mol. The maximum Gasteiger partial charge on any atom is 0.276 e. The third kappa shape index (κ3) is 3.41. The molecule has 0 unspecified atom stereocenters. The van der Waals surface area contributed by atoms with E-state index < -0.39 is 11.8 Å². The van der Waals surface area contributed by atoms with E-state index in [2.05, 4.69) is 15.3 Å². The average Bonchev–Trinajstić information content (AvgIpc) is 3.17. The van der Waals surface area contributed by atoms with Gasteiger partial charge in [-0.3, -0.25) is 14.9 Å². The molecule has 0 saturated carbocycles. The normalized spacial score (nSPS) is 10.5. The number of carbonyl (C=O) groups is 2. The zero-order valence-electron chi connectivity index (χ0n) is 11.4. The molecule has 3 rings (SSSR count). The smallest absolute Gasteiger partial charge is 0.276 e. The number of halogens is 1. The second-order valence-electron chi connectivity index (χ2n) is 4.39. The van der Waals surface area contributed by atoms with Gasteiger partial charge in [0, 0.05) is 10.9 Å². The van der Waals surface area contributed by atoms with Crippen molar-refractivity contribution in [3.8, 4) is 10.6 Å². The van der Waals surface area contributed by atoms with Crippen LogP contribution >= 0.6 is 22.7 Å². The van der Waals surface area contributed by atoms with Crippen LogP contribution in [0.5, 0.6) is 0 Å².